The van der Waals surface area contributed by atoms with Gasteiger partial charge in [-0.05, 0) is 55.3 Å². The summed E-state index contributed by atoms with van der Waals surface area (Å²) in [6.45, 7) is 3.10. The maximum absolute atomic E-state index is 13.0. The Morgan fingerprint density at radius 1 is 1.13 bits per heavy atom. The maximum Gasteiger partial charge on any atom is 0.317 e. The molecule has 1 aromatic heterocycles. The number of fused-ring (bicyclic) bond motifs is 3. The lowest BCUT2D eigenvalue weighted by molar-refractivity contribution is 0.186. The van der Waals surface area contributed by atoms with Gasteiger partial charge < -0.3 is 20.1 Å². The summed E-state index contributed by atoms with van der Waals surface area (Å²) in [6.07, 6.45) is 2.65. The Kier molecular flexibility index (Phi) is 5.21. The van der Waals surface area contributed by atoms with Crippen LogP contribution < -0.4 is 10.2 Å². The van der Waals surface area contributed by atoms with Gasteiger partial charge in [0.05, 0.1) is 11.6 Å². The summed E-state index contributed by atoms with van der Waals surface area (Å²) in [7, 11) is 0. The number of hydrogen-bond acceptors (Lipinski definition) is 3. The second kappa shape index (κ2) is 8.16. The number of benzene rings is 2. The number of urea groups is 1. The lowest BCUT2D eigenvalue weighted by Crippen LogP contribution is -2.50. The molecule has 0 spiro atoms. The number of anilines is 1. The van der Waals surface area contributed by atoms with E-state index in [-0.39, 0.29) is 12.1 Å². The van der Waals surface area contributed by atoms with Crippen LogP contribution in [0.4, 0.5) is 10.5 Å². The summed E-state index contributed by atoms with van der Waals surface area (Å²) >= 11 is 6.19. The standard InChI is InChI=1S/C24H24ClN5O/c25-17-3-6-22-20(13-17)21-15-30(12-9-23(21)28-22)24(31)27-18-7-10-29(11-8-18)19-4-1-16(14-26)2-5-19/h1-6,13,18,28H,7-12,15H2,(H,27,31). The topological polar surface area (TPSA) is 75.2 Å². The number of piperidine rings is 1. The third kappa shape index (κ3) is 3.94. The van der Waals surface area contributed by atoms with Gasteiger partial charge in [-0.1, -0.05) is 11.6 Å². The van der Waals surface area contributed by atoms with Crippen LogP contribution in [-0.2, 0) is 13.0 Å². The molecule has 1 saturated heterocycles. The lowest BCUT2D eigenvalue weighted by Gasteiger charge is -2.35. The third-order valence-corrected chi connectivity index (χ3v) is 6.64. The van der Waals surface area contributed by atoms with Crippen molar-refractivity contribution in [1.82, 2.24) is 15.2 Å². The fourth-order valence-electron chi connectivity index (χ4n) is 4.65. The quantitative estimate of drug-likeness (QED) is 0.627. The van der Waals surface area contributed by atoms with Gasteiger partial charge in [-0.3, -0.25) is 0 Å². The fourth-order valence-corrected chi connectivity index (χ4v) is 4.83. The van der Waals surface area contributed by atoms with Crippen molar-refractivity contribution in [3.63, 3.8) is 0 Å². The maximum atomic E-state index is 13.0. The van der Waals surface area contributed by atoms with Gasteiger partial charge in [0.1, 0.15) is 0 Å². The van der Waals surface area contributed by atoms with E-state index in [9.17, 15) is 4.79 Å². The van der Waals surface area contributed by atoms with Crippen molar-refractivity contribution in [2.45, 2.75) is 31.8 Å². The van der Waals surface area contributed by atoms with Crippen molar-refractivity contribution in [3.05, 3.63) is 64.3 Å². The molecule has 158 valence electrons. The van der Waals surface area contributed by atoms with Gasteiger partial charge in [-0.25, -0.2) is 4.79 Å². The van der Waals surface area contributed by atoms with E-state index >= 15 is 0 Å². The highest BCUT2D eigenvalue weighted by Crippen LogP contribution is 2.30. The molecule has 2 N–H and O–H groups in total. The molecule has 2 amide bonds. The van der Waals surface area contributed by atoms with Gasteiger partial charge in [0.25, 0.3) is 0 Å². The van der Waals surface area contributed by atoms with Crippen LogP contribution >= 0.6 is 11.6 Å². The summed E-state index contributed by atoms with van der Waals surface area (Å²) < 4.78 is 0. The summed E-state index contributed by atoms with van der Waals surface area (Å²) in [5.41, 5.74) is 5.26. The van der Waals surface area contributed by atoms with Crippen LogP contribution in [0.3, 0.4) is 0 Å². The molecule has 0 atom stereocenters. The molecule has 0 unspecified atom stereocenters. The minimum absolute atomic E-state index is 0.0128. The summed E-state index contributed by atoms with van der Waals surface area (Å²) in [5, 5.41) is 14.0. The van der Waals surface area contributed by atoms with E-state index in [1.165, 1.54) is 11.3 Å². The molecule has 31 heavy (non-hydrogen) atoms. The van der Waals surface area contributed by atoms with Crippen LogP contribution in [0.2, 0.25) is 5.02 Å². The van der Waals surface area contributed by atoms with E-state index in [0.29, 0.717) is 23.7 Å². The Morgan fingerprint density at radius 3 is 2.65 bits per heavy atom. The number of aromatic amines is 1. The molecule has 2 aromatic carbocycles. The van der Waals surface area contributed by atoms with Crippen LogP contribution in [-0.4, -0.2) is 41.6 Å². The first-order valence-corrected chi connectivity index (χ1v) is 11.1. The number of aromatic nitrogens is 1. The molecule has 6 nitrogen and oxygen atoms in total. The molecule has 2 aliphatic rings. The highest BCUT2D eigenvalue weighted by Gasteiger charge is 2.27. The molecular weight excluding hydrogens is 410 g/mol. The number of H-pyrrole nitrogens is 1. The predicted octanol–water partition coefficient (Wildman–Crippen LogP) is 4.43. The Labute approximate surface area is 186 Å². The number of nitrogens with one attached hydrogen (secondary N) is 2. The van der Waals surface area contributed by atoms with E-state index in [1.54, 1.807) is 0 Å². The Bertz CT molecular complexity index is 1160. The van der Waals surface area contributed by atoms with Crippen LogP contribution in [0.15, 0.2) is 42.5 Å². The molecule has 5 rings (SSSR count). The first kappa shape index (κ1) is 19.8. The zero-order valence-electron chi connectivity index (χ0n) is 17.2. The highest BCUT2D eigenvalue weighted by molar-refractivity contribution is 6.31. The largest absolute Gasteiger partial charge is 0.371 e. The first-order valence-electron chi connectivity index (χ1n) is 10.7. The Morgan fingerprint density at radius 2 is 1.90 bits per heavy atom. The molecule has 0 saturated carbocycles. The summed E-state index contributed by atoms with van der Waals surface area (Å²) in [4.78, 5) is 20.6. The average molecular weight is 434 g/mol. The number of halogens is 1. The second-order valence-electron chi connectivity index (χ2n) is 8.31. The fraction of sp³-hybridized carbons (Fsp3) is 0.333. The van der Waals surface area contributed by atoms with Crippen molar-refractivity contribution < 1.29 is 4.79 Å². The molecule has 3 heterocycles. The SMILES string of the molecule is N#Cc1ccc(N2CCC(NC(=O)N3CCc4[nH]c5ccc(Cl)cc5c4C3)CC2)cc1. The number of nitrogens with zero attached hydrogens (tertiary/aromatic N) is 3. The van der Waals surface area contributed by atoms with E-state index < -0.39 is 0 Å². The summed E-state index contributed by atoms with van der Waals surface area (Å²) in [6, 6.07) is 15.9. The van der Waals surface area contributed by atoms with Crippen LogP contribution in [0.5, 0.6) is 0 Å². The minimum Gasteiger partial charge on any atom is -0.371 e. The average Bonchev–Trinajstić information content (AvgIpc) is 3.17. The molecular formula is C24H24ClN5O. The molecule has 1 fully saturated rings. The first-order chi connectivity index (χ1) is 15.1. The number of carbonyl (C=O) groups is 1. The van der Waals surface area contributed by atoms with Gasteiger partial charge in [0.15, 0.2) is 0 Å². The van der Waals surface area contributed by atoms with Gasteiger partial charge >= 0.3 is 6.03 Å². The number of amides is 2. The number of carbonyl (C=O) groups excluding carboxylic acids is 1. The van der Waals surface area contributed by atoms with E-state index in [1.807, 2.05) is 47.4 Å². The molecule has 2 aliphatic heterocycles. The zero-order valence-corrected chi connectivity index (χ0v) is 18.0. The Balaban J connectivity index is 1.19. The van der Waals surface area contributed by atoms with Gasteiger partial charge in [0, 0.05) is 71.5 Å². The molecule has 0 bridgehead atoms. The number of hydrogen-bond donors (Lipinski definition) is 2. The Hall–Kier alpha value is -3.17. The highest BCUT2D eigenvalue weighted by atomic mass is 35.5. The van der Waals surface area contributed by atoms with Crippen LogP contribution in [0, 0.1) is 11.3 Å². The van der Waals surface area contributed by atoms with E-state index in [2.05, 4.69) is 21.3 Å². The van der Waals surface area contributed by atoms with Crippen molar-refractivity contribution in [1.29, 1.82) is 5.26 Å². The zero-order chi connectivity index (χ0) is 21.4. The molecule has 7 heteroatoms. The normalized spacial score (nSPS) is 16.8. The van der Waals surface area contributed by atoms with Gasteiger partial charge in [-0.15, -0.1) is 0 Å². The lowest BCUT2D eigenvalue weighted by atomic mass is 10.0. The van der Waals surface area contributed by atoms with Crippen molar-refractivity contribution in [3.8, 4) is 6.07 Å². The van der Waals surface area contributed by atoms with Crippen LogP contribution in [0.25, 0.3) is 10.9 Å². The molecule has 0 aliphatic carbocycles. The van der Waals surface area contributed by atoms with Gasteiger partial charge in [0.2, 0.25) is 0 Å². The van der Waals surface area contributed by atoms with E-state index in [4.69, 9.17) is 16.9 Å². The minimum atomic E-state index is 0.0128. The number of rotatable bonds is 2. The third-order valence-electron chi connectivity index (χ3n) is 6.41. The van der Waals surface area contributed by atoms with Crippen molar-refractivity contribution >= 4 is 34.2 Å². The van der Waals surface area contributed by atoms with Crippen molar-refractivity contribution in [2.24, 2.45) is 0 Å². The van der Waals surface area contributed by atoms with E-state index in [0.717, 1.165) is 48.9 Å². The van der Waals surface area contributed by atoms with Crippen molar-refractivity contribution in [2.75, 3.05) is 24.5 Å². The predicted molar refractivity (Wildman–Crippen MR) is 122 cm³/mol. The monoisotopic (exact) mass is 433 g/mol. The molecule has 0 radical (unpaired) electrons. The second-order valence-corrected chi connectivity index (χ2v) is 8.75. The summed E-state index contributed by atoms with van der Waals surface area (Å²) in [5.74, 6) is 0. The number of nitriles is 1. The van der Waals surface area contributed by atoms with Gasteiger partial charge in [-0.2, -0.15) is 5.26 Å². The van der Waals surface area contributed by atoms with Crippen LogP contribution in [0.1, 0.15) is 29.7 Å². The smallest absolute Gasteiger partial charge is 0.317 e. The molecule has 3 aromatic rings.